The van der Waals surface area contributed by atoms with E-state index in [4.69, 9.17) is 10.5 Å². The average Bonchev–Trinajstić information content (AvgIpc) is 2.56. The van der Waals surface area contributed by atoms with Gasteiger partial charge in [0.15, 0.2) is 0 Å². The van der Waals surface area contributed by atoms with E-state index in [1.54, 1.807) is 0 Å². The van der Waals surface area contributed by atoms with Crippen LogP contribution in [-0.2, 0) is 14.3 Å². The van der Waals surface area contributed by atoms with Crippen molar-refractivity contribution in [2.75, 3.05) is 7.11 Å². The molecule has 0 aliphatic heterocycles. The second-order valence-electron chi connectivity index (χ2n) is 8.43. The number of rotatable bonds is 3. The Morgan fingerprint density at radius 3 is 2.15 bits per heavy atom. The number of esters is 1. The molecule has 0 aromatic carbocycles. The molecule has 3 saturated carbocycles. The number of nitrogens with one attached hydrogen (secondary N) is 1. The Bertz CT molecular complexity index is 474. The molecule has 4 unspecified atom stereocenters. The van der Waals surface area contributed by atoms with Crippen LogP contribution in [0.3, 0.4) is 0 Å². The monoisotopic (exact) mass is 386 g/mol. The molecule has 0 radical (unpaired) electrons. The fourth-order valence-electron chi connectivity index (χ4n) is 5.39. The van der Waals surface area contributed by atoms with E-state index >= 15 is 0 Å². The van der Waals surface area contributed by atoms with Gasteiger partial charge in [0, 0.05) is 18.0 Å². The fraction of sp³-hybridized carbons (Fsp3) is 0.900. The number of hydrogen-bond donors (Lipinski definition) is 2. The molecule has 6 heteroatoms. The third kappa shape index (κ3) is 4.92. The lowest BCUT2D eigenvalue weighted by Crippen LogP contribution is -2.51. The zero-order valence-electron chi connectivity index (χ0n) is 16.0. The minimum absolute atomic E-state index is 0. The summed E-state index contributed by atoms with van der Waals surface area (Å²) in [5, 5.41) is 3.25. The Morgan fingerprint density at radius 2 is 1.54 bits per heavy atom. The minimum atomic E-state index is -0.195. The first-order chi connectivity index (χ1) is 12.1. The highest BCUT2D eigenvalue weighted by atomic mass is 35.5. The van der Waals surface area contributed by atoms with E-state index < -0.39 is 0 Å². The second kappa shape index (κ2) is 9.93. The summed E-state index contributed by atoms with van der Waals surface area (Å²) in [6.07, 6.45) is 11.6. The number of nitrogens with two attached hydrogens (primary N) is 1. The van der Waals surface area contributed by atoms with Crippen LogP contribution in [0.2, 0.25) is 0 Å². The Balaban J connectivity index is 0.00000243. The van der Waals surface area contributed by atoms with Gasteiger partial charge in [0.2, 0.25) is 5.91 Å². The van der Waals surface area contributed by atoms with E-state index in [2.05, 4.69) is 5.32 Å². The minimum Gasteiger partial charge on any atom is -0.469 e. The normalized spacial score (nSPS) is 37.5. The van der Waals surface area contributed by atoms with Crippen LogP contribution in [0.15, 0.2) is 0 Å². The molecule has 3 rings (SSSR count). The third-order valence-electron chi connectivity index (χ3n) is 6.88. The average molecular weight is 387 g/mol. The molecule has 1 amide bonds. The van der Waals surface area contributed by atoms with Crippen molar-refractivity contribution in [3.05, 3.63) is 0 Å². The standard InChI is InChI=1S/C20H34N2O3.ClH/c1-25-20(24)16-9-4-2-3-5-10-17(16)22-19(23)15-11-13-7-6-8-14(12-15)18(13)21;/h13-18H,2-12,21H2,1H3,(H,22,23);1H. The van der Waals surface area contributed by atoms with Crippen molar-refractivity contribution >= 4 is 24.3 Å². The molecule has 0 spiro atoms. The summed E-state index contributed by atoms with van der Waals surface area (Å²) >= 11 is 0. The van der Waals surface area contributed by atoms with Crippen LogP contribution in [0.5, 0.6) is 0 Å². The first-order valence-corrected chi connectivity index (χ1v) is 10.2. The van der Waals surface area contributed by atoms with Gasteiger partial charge in [-0.15, -0.1) is 12.4 Å². The van der Waals surface area contributed by atoms with Gasteiger partial charge in [-0.05, 0) is 50.4 Å². The molecule has 0 saturated heterocycles. The van der Waals surface area contributed by atoms with Crippen molar-refractivity contribution in [1.29, 1.82) is 0 Å². The second-order valence-corrected chi connectivity index (χ2v) is 8.43. The highest BCUT2D eigenvalue weighted by Gasteiger charge is 2.41. The summed E-state index contributed by atoms with van der Waals surface area (Å²) < 4.78 is 5.01. The van der Waals surface area contributed by atoms with Crippen molar-refractivity contribution < 1.29 is 14.3 Å². The van der Waals surface area contributed by atoms with Gasteiger partial charge in [-0.1, -0.05) is 32.1 Å². The summed E-state index contributed by atoms with van der Waals surface area (Å²) in [5.74, 6) is 0.838. The van der Waals surface area contributed by atoms with Gasteiger partial charge < -0.3 is 15.8 Å². The van der Waals surface area contributed by atoms with Crippen molar-refractivity contribution in [2.45, 2.75) is 82.7 Å². The van der Waals surface area contributed by atoms with Gasteiger partial charge in [0.25, 0.3) is 0 Å². The van der Waals surface area contributed by atoms with Crippen molar-refractivity contribution in [3.8, 4) is 0 Å². The van der Waals surface area contributed by atoms with E-state index in [0.717, 1.165) is 57.8 Å². The number of halogens is 1. The lowest BCUT2D eigenvalue weighted by atomic mass is 9.65. The molecule has 150 valence electrons. The number of fused-ring (bicyclic) bond motifs is 2. The maximum absolute atomic E-state index is 13.0. The molecular formula is C20H35ClN2O3. The molecule has 26 heavy (non-hydrogen) atoms. The molecule has 5 nitrogen and oxygen atoms in total. The lowest BCUT2D eigenvalue weighted by molar-refractivity contribution is -0.147. The summed E-state index contributed by atoms with van der Waals surface area (Å²) in [6.45, 7) is 0. The van der Waals surface area contributed by atoms with Crippen LogP contribution in [0.4, 0.5) is 0 Å². The van der Waals surface area contributed by atoms with Crippen LogP contribution in [0.1, 0.15) is 70.6 Å². The van der Waals surface area contributed by atoms with Crippen LogP contribution >= 0.6 is 12.4 Å². The quantitative estimate of drug-likeness (QED) is 0.730. The summed E-state index contributed by atoms with van der Waals surface area (Å²) in [5.41, 5.74) is 6.36. The highest BCUT2D eigenvalue weighted by molar-refractivity contribution is 5.85. The lowest BCUT2D eigenvalue weighted by Gasteiger charge is -2.44. The largest absolute Gasteiger partial charge is 0.469 e. The summed E-state index contributed by atoms with van der Waals surface area (Å²) in [4.78, 5) is 25.2. The summed E-state index contributed by atoms with van der Waals surface area (Å²) in [7, 11) is 1.45. The first kappa shape index (κ1) is 21.5. The molecule has 4 atom stereocenters. The van der Waals surface area contributed by atoms with Crippen LogP contribution in [-0.4, -0.2) is 31.1 Å². The number of ether oxygens (including phenoxy) is 1. The molecule has 3 N–H and O–H groups in total. The van der Waals surface area contributed by atoms with Crippen molar-refractivity contribution in [1.82, 2.24) is 5.32 Å². The van der Waals surface area contributed by atoms with Gasteiger partial charge in [0.05, 0.1) is 13.0 Å². The van der Waals surface area contributed by atoms with Gasteiger partial charge in [-0.3, -0.25) is 9.59 Å². The zero-order chi connectivity index (χ0) is 17.8. The predicted molar refractivity (Wildman–Crippen MR) is 104 cm³/mol. The van der Waals surface area contributed by atoms with Crippen molar-refractivity contribution in [3.63, 3.8) is 0 Å². The van der Waals surface area contributed by atoms with Crippen LogP contribution in [0.25, 0.3) is 0 Å². The highest BCUT2D eigenvalue weighted by Crippen LogP contribution is 2.42. The number of carbonyl (C=O) groups excluding carboxylic acids is 2. The molecule has 3 fully saturated rings. The smallest absolute Gasteiger partial charge is 0.310 e. The summed E-state index contributed by atoms with van der Waals surface area (Å²) in [6, 6.07) is 0.206. The molecule has 2 bridgehead atoms. The molecule has 0 aromatic heterocycles. The number of methoxy groups -OCH3 is 1. The number of amides is 1. The van der Waals surface area contributed by atoms with E-state index in [9.17, 15) is 9.59 Å². The van der Waals surface area contributed by atoms with E-state index in [1.807, 2.05) is 0 Å². The fourth-order valence-corrected chi connectivity index (χ4v) is 5.39. The molecule has 3 aliphatic carbocycles. The zero-order valence-corrected chi connectivity index (χ0v) is 16.8. The van der Waals surface area contributed by atoms with E-state index in [0.29, 0.717) is 11.8 Å². The van der Waals surface area contributed by atoms with Crippen LogP contribution in [0, 0.1) is 23.7 Å². The van der Waals surface area contributed by atoms with Gasteiger partial charge >= 0.3 is 5.97 Å². The Hall–Kier alpha value is -0.810. The topological polar surface area (TPSA) is 81.4 Å². The van der Waals surface area contributed by atoms with E-state index in [-0.39, 0.29) is 48.2 Å². The molecule has 0 aromatic rings. The van der Waals surface area contributed by atoms with Gasteiger partial charge in [0.1, 0.15) is 0 Å². The number of carbonyl (C=O) groups is 2. The maximum Gasteiger partial charge on any atom is 0.310 e. The maximum atomic E-state index is 13.0. The number of hydrogen-bond acceptors (Lipinski definition) is 4. The van der Waals surface area contributed by atoms with Gasteiger partial charge in [-0.25, -0.2) is 0 Å². The molecular weight excluding hydrogens is 352 g/mol. The third-order valence-corrected chi connectivity index (χ3v) is 6.88. The first-order valence-electron chi connectivity index (χ1n) is 10.2. The Labute approximate surface area is 163 Å². The van der Waals surface area contributed by atoms with Crippen molar-refractivity contribution in [2.24, 2.45) is 29.4 Å². The van der Waals surface area contributed by atoms with Crippen LogP contribution < -0.4 is 11.1 Å². The predicted octanol–water partition coefficient (Wildman–Crippen LogP) is 3.19. The SMILES string of the molecule is COC(=O)C1CCCCCCC1NC(=O)C1CC2CCCC(C1)C2N.Cl. The Morgan fingerprint density at radius 1 is 0.923 bits per heavy atom. The van der Waals surface area contributed by atoms with Gasteiger partial charge in [-0.2, -0.15) is 0 Å². The Kier molecular flexibility index (Phi) is 8.21. The van der Waals surface area contributed by atoms with E-state index in [1.165, 1.54) is 20.0 Å². The molecule has 3 aliphatic rings. The molecule has 0 heterocycles.